The monoisotopic (exact) mass is 267 g/mol. The van der Waals surface area contributed by atoms with E-state index in [-0.39, 0.29) is 11.4 Å². The quantitative estimate of drug-likeness (QED) is 0.799. The molecular formula is C13H8F3NO2. The van der Waals surface area contributed by atoms with Crippen LogP contribution in [-0.2, 0) is 0 Å². The summed E-state index contributed by atoms with van der Waals surface area (Å²) in [7, 11) is 0. The highest BCUT2D eigenvalue weighted by Crippen LogP contribution is 2.27. The topological polar surface area (TPSA) is 39.2 Å². The summed E-state index contributed by atoms with van der Waals surface area (Å²) in [5.41, 5.74) is 1.30. The zero-order valence-electron chi connectivity index (χ0n) is 9.52. The lowest BCUT2D eigenvalue weighted by atomic mass is 10.1. The molecule has 6 heteroatoms. The summed E-state index contributed by atoms with van der Waals surface area (Å²) in [6, 6.07) is 8.60. The Morgan fingerprint density at radius 1 is 1.11 bits per heavy atom. The van der Waals surface area contributed by atoms with Gasteiger partial charge >= 0.3 is 6.36 Å². The molecule has 0 fully saturated rings. The first-order valence-electron chi connectivity index (χ1n) is 5.25. The fraction of sp³-hybridized carbons (Fsp3) is 0.0769. The van der Waals surface area contributed by atoms with Crippen molar-refractivity contribution in [1.29, 1.82) is 0 Å². The third-order valence-corrected chi connectivity index (χ3v) is 2.30. The highest BCUT2D eigenvalue weighted by molar-refractivity contribution is 5.76. The minimum Gasteiger partial charge on any atom is -0.406 e. The van der Waals surface area contributed by atoms with E-state index in [1.165, 1.54) is 30.5 Å². The van der Waals surface area contributed by atoms with Crippen molar-refractivity contribution in [2.75, 3.05) is 0 Å². The summed E-state index contributed by atoms with van der Waals surface area (Å²) >= 11 is 0. The Morgan fingerprint density at radius 3 is 2.53 bits per heavy atom. The second-order valence-electron chi connectivity index (χ2n) is 3.66. The van der Waals surface area contributed by atoms with Gasteiger partial charge in [-0.05, 0) is 35.4 Å². The minimum absolute atomic E-state index is 0.208. The largest absolute Gasteiger partial charge is 0.573 e. The molecule has 3 nitrogen and oxygen atoms in total. The predicted octanol–water partition coefficient (Wildman–Crippen LogP) is 3.46. The van der Waals surface area contributed by atoms with Gasteiger partial charge in [-0.3, -0.25) is 9.78 Å². The first-order valence-corrected chi connectivity index (χ1v) is 5.25. The van der Waals surface area contributed by atoms with Crippen molar-refractivity contribution in [3.05, 3.63) is 48.3 Å². The van der Waals surface area contributed by atoms with E-state index < -0.39 is 6.36 Å². The molecule has 2 rings (SSSR count). The number of ether oxygens (including phenoxy) is 1. The van der Waals surface area contributed by atoms with E-state index in [0.717, 1.165) is 0 Å². The summed E-state index contributed by atoms with van der Waals surface area (Å²) in [6.07, 6.45) is -2.75. The normalized spacial score (nSPS) is 11.1. The maximum absolute atomic E-state index is 12.1. The lowest BCUT2D eigenvalue weighted by Crippen LogP contribution is -2.17. The molecule has 0 N–H and O–H groups in total. The molecule has 0 aliphatic rings. The van der Waals surface area contributed by atoms with E-state index in [2.05, 4.69) is 9.72 Å². The molecule has 0 amide bonds. The van der Waals surface area contributed by atoms with Crippen LogP contribution in [0.15, 0.2) is 42.6 Å². The van der Waals surface area contributed by atoms with Crippen LogP contribution in [0.4, 0.5) is 13.2 Å². The van der Waals surface area contributed by atoms with Crippen molar-refractivity contribution in [3.8, 4) is 16.9 Å². The molecule has 0 saturated heterocycles. The second-order valence-corrected chi connectivity index (χ2v) is 3.66. The van der Waals surface area contributed by atoms with Crippen molar-refractivity contribution in [2.24, 2.45) is 0 Å². The predicted molar refractivity (Wildman–Crippen MR) is 61.7 cm³/mol. The fourth-order valence-corrected chi connectivity index (χ4v) is 1.57. The summed E-state index contributed by atoms with van der Waals surface area (Å²) in [5.74, 6) is -0.311. The number of alkyl halides is 3. The standard InChI is InChI=1S/C13H8F3NO2/c14-13(15,16)19-12-3-1-2-9(7-12)10-4-5-17-11(6-10)8-18/h1-8H. The van der Waals surface area contributed by atoms with Crippen molar-refractivity contribution < 1.29 is 22.7 Å². The van der Waals surface area contributed by atoms with Crippen LogP contribution in [0.1, 0.15) is 10.5 Å². The smallest absolute Gasteiger partial charge is 0.406 e. The number of nitrogens with zero attached hydrogens (tertiary/aromatic N) is 1. The SMILES string of the molecule is O=Cc1cc(-c2cccc(OC(F)(F)F)c2)ccn1. The van der Waals surface area contributed by atoms with Gasteiger partial charge in [-0.1, -0.05) is 12.1 Å². The number of halogens is 3. The van der Waals surface area contributed by atoms with Gasteiger partial charge in [-0.2, -0.15) is 0 Å². The van der Waals surface area contributed by atoms with Crippen LogP contribution < -0.4 is 4.74 Å². The van der Waals surface area contributed by atoms with Crippen LogP contribution in [0.5, 0.6) is 5.75 Å². The molecule has 1 aromatic heterocycles. The first-order chi connectivity index (χ1) is 8.98. The van der Waals surface area contributed by atoms with Gasteiger partial charge in [0.2, 0.25) is 0 Å². The van der Waals surface area contributed by atoms with Crippen molar-refractivity contribution >= 4 is 6.29 Å². The summed E-state index contributed by atoms with van der Waals surface area (Å²) in [6.45, 7) is 0. The van der Waals surface area contributed by atoms with E-state index in [9.17, 15) is 18.0 Å². The van der Waals surface area contributed by atoms with Crippen LogP contribution in [-0.4, -0.2) is 17.6 Å². The van der Waals surface area contributed by atoms with Gasteiger partial charge in [0.1, 0.15) is 11.4 Å². The van der Waals surface area contributed by atoms with Crippen molar-refractivity contribution in [1.82, 2.24) is 4.98 Å². The maximum Gasteiger partial charge on any atom is 0.573 e. The highest BCUT2D eigenvalue weighted by Gasteiger charge is 2.31. The van der Waals surface area contributed by atoms with Crippen molar-refractivity contribution in [3.63, 3.8) is 0 Å². The summed E-state index contributed by atoms with van der Waals surface area (Å²) in [4.78, 5) is 14.4. The molecule has 0 saturated carbocycles. The van der Waals surface area contributed by atoms with Crippen LogP contribution in [0.2, 0.25) is 0 Å². The third kappa shape index (κ3) is 3.54. The molecule has 1 heterocycles. The number of carbonyl (C=O) groups is 1. The third-order valence-electron chi connectivity index (χ3n) is 2.30. The molecule has 0 aliphatic carbocycles. The molecule has 0 spiro atoms. The van der Waals surface area contributed by atoms with Gasteiger partial charge in [-0.25, -0.2) is 0 Å². The number of aromatic nitrogens is 1. The molecule has 0 bridgehead atoms. The van der Waals surface area contributed by atoms with E-state index in [0.29, 0.717) is 17.4 Å². The second kappa shape index (κ2) is 5.09. The molecule has 2 aromatic rings. The van der Waals surface area contributed by atoms with Crippen LogP contribution in [0.3, 0.4) is 0 Å². The van der Waals surface area contributed by atoms with Gasteiger partial charge < -0.3 is 4.74 Å². The van der Waals surface area contributed by atoms with Crippen LogP contribution in [0, 0.1) is 0 Å². The zero-order chi connectivity index (χ0) is 13.9. The van der Waals surface area contributed by atoms with Gasteiger partial charge in [-0.15, -0.1) is 13.2 Å². The summed E-state index contributed by atoms with van der Waals surface area (Å²) < 4.78 is 40.2. The highest BCUT2D eigenvalue weighted by atomic mass is 19.4. The number of carbonyl (C=O) groups excluding carboxylic acids is 1. The molecular weight excluding hydrogens is 259 g/mol. The molecule has 1 aromatic carbocycles. The van der Waals surface area contributed by atoms with Gasteiger partial charge in [0.15, 0.2) is 6.29 Å². The van der Waals surface area contributed by atoms with Crippen LogP contribution >= 0.6 is 0 Å². The van der Waals surface area contributed by atoms with E-state index in [1.807, 2.05) is 0 Å². The Morgan fingerprint density at radius 2 is 1.84 bits per heavy atom. The Labute approximate surface area is 106 Å². The zero-order valence-corrected chi connectivity index (χ0v) is 9.52. The van der Waals surface area contributed by atoms with E-state index in [1.54, 1.807) is 12.1 Å². The maximum atomic E-state index is 12.1. The average molecular weight is 267 g/mol. The minimum atomic E-state index is -4.73. The lowest BCUT2D eigenvalue weighted by Gasteiger charge is -2.10. The molecule has 0 aliphatic heterocycles. The Kier molecular flexibility index (Phi) is 3.50. The molecule has 0 atom stereocenters. The Bertz CT molecular complexity index is 596. The van der Waals surface area contributed by atoms with E-state index >= 15 is 0 Å². The molecule has 0 unspecified atom stereocenters. The van der Waals surface area contributed by atoms with Gasteiger partial charge in [0.05, 0.1) is 0 Å². The number of benzene rings is 1. The number of rotatable bonds is 3. The average Bonchev–Trinajstić information content (AvgIpc) is 2.37. The van der Waals surface area contributed by atoms with E-state index in [4.69, 9.17) is 0 Å². The molecule has 0 radical (unpaired) electrons. The number of hydrogen-bond donors (Lipinski definition) is 0. The Hall–Kier alpha value is -2.37. The van der Waals surface area contributed by atoms with Gasteiger partial charge in [0, 0.05) is 6.20 Å². The number of hydrogen-bond acceptors (Lipinski definition) is 3. The Balaban J connectivity index is 2.34. The molecule has 19 heavy (non-hydrogen) atoms. The number of pyridine rings is 1. The summed E-state index contributed by atoms with van der Waals surface area (Å²) in [5, 5.41) is 0. The van der Waals surface area contributed by atoms with Crippen LogP contribution in [0.25, 0.3) is 11.1 Å². The molecule has 98 valence electrons. The van der Waals surface area contributed by atoms with Gasteiger partial charge in [0.25, 0.3) is 0 Å². The van der Waals surface area contributed by atoms with Crippen molar-refractivity contribution in [2.45, 2.75) is 6.36 Å². The fourth-order valence-electron chi connectivity index (χ4n) is 1.57. The lowest BCUT2D eigenvalue weighted by molar-refractivity contribution is -0.274. The first kappa shape index (κ1) is 13.1. The number of aldehydes is 1.